The van der Waals surface area contributed by atoms with E-state index in [0.29, 0.717) is 11.7 Å². The van der Waals surface area contributed by atoms with Gasteiger partial charge in [-0.25, -0.2) is 4.98 Å². The molecule has 1 aromatic heterocycles. The number of hydrogen-bond acceptors (Lipinski definition) is 4. The number of nitrogens with zero attached hydrogens (tertiary/aromatic N) is 1. The Hall–Kier alpha value is -2.33. The molecule has 3 aromatic rings. The van der Waals surface area contributed by atoms with Gasteiger partial charge in [-0.15, -0.1) is 11.3 Å². The smallest absolute Gasteiger partial charge is 0.180 e. The number of rotatable bonds is 4. The second kappa shape index (κ2) is 6.20. The number of aromatic nitrogens is 1. The molecule has 0 radical (unpaired) electrons. The minimum atomic E-state index is 0.538. The summed E-state index contributed by atoms with van der Waals surface area (Å²) in [6, 6.07) is 14.3. The van der Waals surface area contributed by atoms with Crippen LogP contribution in [0.2, 0.25) is 0 Å². The van der Waals surface area contributed by atoms with Crippen LogP contribution in [-0.2, 0) is 6.61 Å². The van der Waals surface area contributed by atoms with Gasteiger partial charge in [0, 0.05) is 10.9 Å². The van der Waals surface area contributed by atoms with Gasteiger partial charge in [0.2, 0.25) is 0 Å². The van der Waals surface area contributed by atoms with Gasteiger partial charge in [0.1, 0.15) is 12.4 Å². The highest BCUT2D eigenvalue weighted by molar-refractivity contribution is 7.13. The first-order chi connectivity index (χ1) is 10.6. The Kier molecular flexibility index (Phi) is 4.11. The summed E-state index contributed by atoms with van der Waals surface area (Å²) < 4.78 is 6.05. The second-order valence-electron chi connectivity index (χ2n) is 5.28. The van der Waals surface area contributed by atoms with Gasteiger partial charge in [-0.3, -0.25) is 0 Å². The van der Waals surface area contributed by atoms with Crippen LogP contribution >= 0.6 is 11.3 Å². The summed E-state index contributed by atoms with van der Waals surface area (Å²) in [5, 5.41) is 2.54. The maximum atomic E-state index is 6.05. The molecule has 0 unspecified atom stereocenters. The van der Waals surface area contributed by atoms with E-state index >= 15 is 0 Å². The van der Waals surface area contributed by atoms with Crippen LogP contribution in [0.4, 0.5) is 5.13 Å². The molecule has 0 bridgehead atoms. The minimum Gasteiger partial charge on any atom is -0.488 e. The van der Waals surface area contributed by atoms with E-state index < -0.39 is 0 Å². The van der Waals surface area contributed by atoms with Gasteiger partial charge in [0.05, 0.1) is 5.69 Å². The minimum absolute atomic E-state index is 0.538. The first-order valence-corrected chi connectivity index (χ1v) is 8.01. The molecule has 2 N–H and O–H groups in total. The molecule has 0 amide bonds. The third kappa shape index (κ3) is 3.12. The molecule has 0 saturated heterocycles. The molecule has 0 saturated carbocycles. The maximum Gasteiger partial charge on any atom is 0.180 e. The molecule has 112 valence electrons. The van der Waals surface area contributed by atoms with Crippen molar-refractivity contribution in [3.8, 4) is 17.0 Å². The lowest BCUT2D eigenvalue weighted by atomic mass is 10.0. The van der Waals surface area contributed by atoms with Gasteiger partial charge in [-0.2, -0.15) is 0 Å². The SMILES string of the molecule is Cc1cc(OCc2ccccc2)c(-c2csc(N)n2)cc1C. The highest BCUT2D eigenvalue weighted by Gasteiger charge is 2.12. The van der Waals surface area contributed by atoms with Gasteiger partial charge in [0.25, 0.3) is 0 Å². The Bertz CT molecular complexity index is 781. The van der Waals surface area contributed by atoms with Crippen molar-refractivity contribution in [1.82, 2.24) is 4.98 Å². The molecular weight excluding hydrogens is 292 g/mol. The lowest BCUT2D eigenvalue weighted by Crippen LogP contribution is -1.98. The summed E-state index contributed by atoms with van der Waals surface area (Å²) in [6.45, 7) is 4.72. The van der Waals surface area contributed by atoms with E-state index in [0.717, 1.165) is 22.6 Å². The Morgan fingerprint density at radius 2 is 1.82 bits per heavy atom. The van der Waals surface area contributed by atoms with E-state index in [1.54, 1.807) is 0 Å². The molecule has 4 heteroatoms. The Labute approximate surface area is 134 Å². The molecule has 0 atom stereocenters. The maximum absolute atomic E-state index is 6.05. The van der Waals surface area contributed by atoms with Gasteiger partial charge in [-0.1, -0.05) is 30.3 Å². The molecule has 0 spiro atoms. The molecular formula is C18H18N2OS. The van der Waals surface area contributed by atoms with E-state index in [1.807, 2.05) is 23.6 Å². The topological polar surface area (TPSA) is 48.1 Å². The summed E-state index contributed by atoms with van der Waals surface area (Å²) in [5.74, 6) is 0.845. The molecule has 22 heavy (non-hydrogen) atoms. The van der Waals surface area contributed by atoms with Gasteiger partial charge < -0.3 is 10.5 Å². The molecule has 0 aliphatic heterocycles. The van der Waals surface area contributed by atoms with Crippen LogP contribution in [-0.4, -0.2) is 4.98 Å². The average molecular weight is 310 g/mol. The molecule has 1 heterocycles. The predicted molar refractivity (Wildman–Crippen MR) is 92.2 cm³/mol. The molecule has 0 aliphatic rings. The third-order valence-electron chi connectivity index (χ3n) is 3.63. The van der Waals surface area contributed by atoms with E-state index in [4.69, 9.17) is 10.5 Å². The van der Waals surface area contributed by atoms with Crippen LogP contribution in [0.1, 0.15) is 16.7 Å². The van der Waals surface area contributed by atoms with Gasteiger partial charge in [-0.05, 0) is 42.7 Å². The van der Waals surface area contributed by atoms with Crippen LogP contribution in [0.15, 0.2) is 47.8 Å². The van der Waals surface area contributed by atoms with Crippen molar-refractivity contribution in [2.45, 2.75) is 20.5 Å². The Morgan fingerprint density at radius 3 is 2.50 bits per heavy atom. The van der Waals surface area contributed by atoms with Crippen molar-refractivity contribution in [2.75, 3.05) is 5.73 Å². The summed E-state index contributed by atoms with van der Waals surface area (Å²) >= 11 is 1.44. The second-order valence-corrected chi connectivity index (χ2v) is 6.17. The van der Waals surface area contributed by atoms with Crippen LogP contribution in [0.5, 0.6) is 5.75 Å². The fraction of sp³-hybridized carbons (Fsp3) is 0.167. The summed E-state index contributed by atoms with van der Waals surface area (Å²) in [5.41, 5.74) is 11.2. The molecule has 0 fully saturated rings. The van der Waals surface area contributed by atoms with Crippen molar-refractivity contribution in [3.05, 3.63) is 64.5 Å². The van der Waals surface area contributed by atoms with Gasteiger partial charge in [0.15, 0.2) is 5.13 Å². The number of benzene rings is 2. The number of hydrogen-bond donors (Lipinski definition) is 1. The third-order valence-corrected chi connectivity index (χ3v) is 4.30. The van der Waals surface area contributed by atoms with E-state index in [2.05, 4.69) is 43.1 Å². The molecule has 0 aliphatic carbocycles. The van der Waals surface area contributed by atoms with Crippen molar-refractivity contribution < 1.29 is 4.74 Å². The lowest BCUT2D eigenvalue weighted by Gasteiger charge is -2.13. The zero-order chi connectivity index (χ0) is 15.5. The largest absolute Gasteiger partial charge is 0.488 e. The number of ether oxygens (including phenoxy) is 1. The first-order valence-electron chi connectivity index (χ1n) is 7.13. The van der Waals surface area contributed by atoms with Crippen LogP contribution in [0, 0.1) is 13.8 Å². The molecule has 2 aromatic carbocycles. The standard InChI is InChI=1S/C18H18N2OS/c1-12-8-15(16-11-22-18(19)20-16)17(9-13(12)2)21-10-14-6-4-3-5-7-14/h3-9,11H,10H2,1-2H3,(H2,19,20). The number of nitrogens with two attached hydrogens (primary N) is 1. The summed E-state index contributed by atoms with van der Waals surface area (Å²) in [4.78, 5) is 4.38. The summed E-state index contributed by atoms with van der Waals surface area (Å²) in [7, 11) is 0. The fourth-order valence-electron chi connectivity index (χ4n) is 2.26. The van der Waals surface area contributed by atoms with Crippen LogP contribution in [0.3, 0.4) is 0 Å². The van der Waals surface area contributed by atoms with E-state index in [-0.39, 0.29) is 0 Å². The highest BCUT2D eigenvalue weighted by Crippen LogP contribution is 2.34. The van der Waals surface area contributed by atoms with Crippen molar-refractivity contribution in [1.29, 1.82) is 0 Å². The highest BCUT2D eigenvalue weighted by atomic mass is 32.1. The molecule has 3 nitrogen and oxygen atoms in total. The lowest BCUT2D eigenvalue weighted by molar-refractivity contribution is 0.307. The Balaban J connectivity index is 1.93. The monoisotopic (exact) mass is 310 g/mol. The zero-order valence-electron chi connectivity index (χ0n) is 12.7. The van der Waals surface area contributed by atoms with Crippen molar-refractivity contribution in [2.24, 2.45) is 0 Å². The summed E-state index contributed by atoms with van der Waals surface area (Å²) in [6.07, 6.45) is 0. The Morgan fingerprint density at radius 1 is 1.09 bits per heavy atom. The first kappa shape index (κ1) is 14.6. The number of aryl methyl sites for hydroxylation is 2. The number of anilines is 1. The predicted octanol–water partition coefficient (Wildman–Crippen LogP) is 4.59. The average Bonchev–Trinajstić information content (AvgIpc) is 2.95. The van der Waals surface area contributed by atoms with E-state index in [9.17, 15) is 0 Å². The quantitative estimate of drug-likeness (QED) is 0.767. The van der Waals surface area contributed by atoms with Gasteiger partial charge >= 0.3 is 0 Å². The van der Waals surface area contributed by atoms with Crippen LogP contribution < -0.4 is 10.5 Å². The zero-order valence-corrected chi connectivity index (χ0v) is 13.5. The fourth-order valence-corrected chi connectivity index (χ4v) is 2.82. The van der Waals surface area contributed by atoms with Crippen molar-refractivity contribution >= 4 is 16.5 Å². The number of thiazole rings is 1. The number of nitrogen functional groups attached to an aromatic ring is 1. The normalized spacial score (nSPS) is 10.6. The van der Waals surface area contributed by atoms with Crippen LogP contribution in [0.25, 0.3) is 11.3 Å². The molecule has 3 rings (SSSR count). The van der Waals surface area contributed by atoms with Crippen molar-refractivity contribution in [3.63, 3.8) is 0 Å². The van der Waals surface area contributed by atoms with E-state index in [1.165, 1.54) is 22.5 Å².